The van der Waals surface area contributed by atoms with Crippen LogP contribution in [0.4, 0.5) is 0 Å². The topological polar surface area (TPSA) is 128 Å². The summed E-state index contributed by atoms with van der Waals surface area (Å²) in [5.74, 6) is 5.42. The number of carbonyl (C=O) groups is 1. The first-order valence-electron chi connectivity index (χ1n) is 12.7. The summed E-state index contributed by atoms with van der Waals surface area (Å²) in [6.07, 6.45) is 3.85. The maximum atomic E-state index is 14.0. The molecule has 2 heterocycles. The molecule has 1 aromatic heterocycles. The van der Waals surface area contributed by atoms with Crippen molar-refractivity contribution in [3.8, 4) is 23.6 Å². The number of amidine groups is 1. The normalized spacial score (nSPS) is 14.8. The van der Waals surface area contributed by atoms with E-state index in [1.807, 2.05) is 65.6 Å². The van der Waals surface area contributed by atoms with Crippen LogP contribution >= 0.6 is 0 Å². The van der Waals surface area contributed by atoms with Gasteiger partial charge >= 0.3 is 0 Å². The van der Waals surface area contributed by atoms with Gasteiger partial charge in [-0.1, -0.05) is 42.2 Å². The lowest BCUT2D eigenvalue weighted by Gasteiger charge is -2.19. The average Bonchev–Trinajstić information content (AvgIpc) is 3.47. The molecule has 0 spiro atoms. The van der Waals surface area contributed by atoms with Gasteiger partial charge in [0, 0.05) is 43.4 Å². The summed E-state index contributed by atoms with van der Waals surface area (Å²) in [5, 5.41) is 17.9. The molecule has 2 atom stereocenters. The van der Waals surface area contributed by atoms with E-state index in [1.165, 1.54) is 0 Å². The lowest BCUT2D eigenvalue weighted by Crippen LogP contribution is -2.27. The number of pyridine rings is 1. The number of nitriles is 1. The number of aromatic nitrogens is 1. The number of rotatable bonds is 7. The van der Waals surface area contributed by atoms with E-state index < -0.39 is 12.0 Å². The van der Waals surface area contributed by atoms with Crippen molar-refractivity contribution in [2.75, 3.05) is 13.1 Å². The minimum absolute atomic E-state index is 0.0188. The Morgan fingerprint density at radius 2 is 1.92 bits per heavy atom. The third-order valence-corrected chi connectivity index (χ3v) is 6.63. The number of fused-ring (bicyclic) bond motifs is 1. The Labute approximate surface area is 221 Å². The number of amides is 1. The number of hydrogen-bond acceptors (Lipinski definition) is 5. The fourth-order valence-corrected chi connectivity index (χ4v) is 4.65. The monoisotopic (exact) mass is 506 g/mol. The highest BCUT2D eigenvalue weighted by Gasteiger charge is 2.19. The van der Waals surface area contributed by atoms with E-state index in [0.717, 1.165) is 32.1 Å². The first kappa shape index (κ1) is 26.4. The van der Waals surface area contributed by atoms with E-state index >= 15 is 0 Å². The molecule has 1 aliphatic heterocycles. The standard InChI is InChI=1S/C30H30N6O2/c1-21(34-29(33)24(19-31)20-32)26-18-23-12-9-11-22(10-5-6-15-27(37)35-16-7-8-17-35)28(23)30(38)36(26)25-13-3-2-4-14-25/h2-4,9,11-14,18-19,21,24,31H,6-8,15-17H2,1H3,(H2,33,34). The van der Waals surface area contributed by atoms with Crippen molar-refractivity contribution in [1.82, 2.24) is 9.47 Å². The molecule has 0 aliphatic carbocycles. The molecule has 1 aliphatic rings. The summed E-state index contributed by atoms with van der Waals surface area (Å²) in [6.45, 7) is 3.44. The maximum Gasteiger partial charge on any atom is 0.264 e. The van der Waals surface area contributed by atoms with Gasteiger partial charge in [0.1, 0.15) is 11.8 Å². The van der Waals surface area contributed by atoms with E-state index in [4.69, 9.17) is 11.1 Å². The van der Waals surface area contributed by atoms with E-state index in [0.29, 0.717) is 40.6 Å². The molecule has 38 heavy (non-hydrogen) atoms. The predicted octanol–water partition coefficient (Wildman–Crippen LogP) is 3.95. The van der Waals surface area contributed by atoms with Crippen LogP contribution in [0.1, 0.15) is 49.9 Å². The van der Waals surface area contributed by atoms with Gasteiger partial charge in [-0.2, -0.15) is 5.26 Å². The van der Waals surface area contributed by atoms with Crippen molar-refractivity contribution in [2.45, 2.75) is 38.6 Å². The molecular weight excluding hydrogens is 476 g/mol. The van der Waals surface area contributed by atoms with Crippen molar-refractivity contribution >= 4 is 28.7 Å². The number of carbonyl (C=O) groups excluding carboxylic acids is 1. The van der Waals surface area contributed by atoms with Crippen molar-refractivity contribution in [3.05, 3.63) is 76.2 Å². The molecule has 3 aromatic rings. The third-order valence-electron chi connectivity index (χ3n) is 6.63. The first-order valence-corrected chi connectivity index (χ1v) is 12.7. The van der Waals surface area contributed by atoms with Crippen LogP contribution in [0.2, 0.25) is 0 Å². The van der Waals surface area contributed by atoms with Crippen LogP contribution in [0.15, 0.2) is 64.4 Å². The Hall–Kier alpha value is -4.69. The van der Waals surface area contributed by atoms with Gasteiger partial charge in [0.2, 0.25) is 5.91 Å². The molecule has 4 rings (SSSR count). The van der Waals surface area contributed by atoms with Crippen LogP contribution in [0.5, 0.6) is 0 Å². The number of likely N-dealkylation sites (tertiary alicyclic amines) is 1. The zero-order valence-electron chi connectivity index (χ0n) is 21.4. The van der Waals surface area contributed by atoms with Gasteiger partial charge in [0.15, 0.2) is 0 Å². The van der Waals surface area contributed by atoms with Gasteiger partial charge < -0.3 is 16.0 Å². The lowest BCUT2D eigenvalue weighted by molar-refractivity contribution is -0.129. The smallest absolute Gasteiger partial charge is 0.264 e. The third kappa shape index (κ3) is 5.66. The number of para-hydroxylation sites is 1. The highest BCUT2D eigenvalue weighted by atomic mass is 16.2. The number of benzene rings is 2. The number of hydrogen-bond donors (Lipinski definition) is 2. The van der Waals surface area contributed by atoms with Gasteiger partial charge in [-0.3, -0.25) is 19.1 Å². The lowest BCUT2D eigenvalue weighted by atomic mass is 10.0. The Morgan fingerprint density at radius 1 is 1.18 bits per heavy atom. The van der Waals surface area contributed by atoms with Crippen molar-refractivity contribution in [2.24, 2.45) is 16.6 Å². The number of nitrogens with one attached hydrogen (secondary N) is 1. The summed E-state index contributed by atoms with van der Waals surface area (Å²) in [7, 11) is 0. The molecule has 3 N–H and O–H groups in total. The fraction of sp³-hybridized carbons (Fsp3) is 0.300. The van der Waals surface area contributed by atoms with Gasteiger partial charge in [-0.15, -0.1) is 0 Å². The van der Waals surface area contributed by atoms with Crippen LogP contribution in [0.3, 0.4) is 0 Å². The molecule has 0 radical (unpaired) electrons. The van der Waals surface area contributed by atoms with Crippen LogP contribution in [0, 0.1) is 34.5 Å². The minimum Gasteiger partial charge on any atom is -0.386 e. The highest BCUT2D eigenvalue weighted by Crippen LogP contribution is 2.25. The number of nitrogens with zero attached hydrogens (tertiary/aromatic N) is 4. The second-order valence-corrected chi connectivity index (χ2v) is 9.21. The second-order valence-electron chi connectivity index (χ2n) is 9.21. The molecular formula is C30H30N6O2. The largest absolute Gasteiger partial charge is 0.386 e. The fourth-order valence-electron chi connectivity index (χ4n) is 4.65. The molecule has 0 saturated carbocycles. The SMILES string of the molecule is CC(N=C(N)C(C#N)C=N)c1cc2cccc(C#CCCC(=O)N3CCCC3)c2c(=O)n1-c1ccccc1. The van der Waals surface area contributed by atoms with Gasteiger partial charge in [0.25, 0.3) is 5.56 Å². The summed E-state index contributed by atoms with van der Waals surface area (Å²) in [4.78, 5) is 32.7. The van der Waals surface area contributed by atoms with Crippen molar-refractivity contribution in [1.29, 1.82) is 10.7 Å². The highest BCUT2D eigenvalue weighted by molar-refractivity contribution is 5.98. The van der Waals surface area contributed by atoms with Gasteiger partial charge in [-0.05, 0) is 49.4 Å². The van der Waals surface area contributed by atoms with E-state index in [1.54, 1.807) is 11.5 Å². The molecule has 1 amide bonds. The van der Waals surface area contributed by atoms with E-state index in [9.17, 15) is 14.9 Å². The Balaban J connectivity index is 1.77. The Kier molecular flexibility index (Phi) is 8.35. The summed E-state index contributed by atoms with van der Waals surface area (Å²) < 4.78 is 1.59. The summed E-state index contributed by atoms with van der Waals surface area (Å²) >= 11 is 0. The Bertz CT molecular complexity index is 1530. The molecule has 1 saturated heterocycles. The first-order chi connectivity index (χ1) is 18.4. The number of nitrogens with two attached hydrogens (primary N) is 1. The van der Waals surface area contributed by atoms with E-state index in [2.05, 4.69) is 16.8 Å². The van der Waals surface area contributed by atoms with Crippen LogP contribution in [-0.4, -0.2) is 40.5 Å². The van der Waals surface area contributed by atoms with Gasteiger partial charge in [-0.25, -0.2) is 0 Å². The molecule has 2 unspecified atom stereocenters. The number of aliphatic imine (C=N–C) groups is 1. The van der Waals surface area contributed by atoms with Crippen LogP contribution < -0.4 is 11.3 Å². The summed E-state index contributed by atoms with van der Waals surface area (Å²) in [5.41, 5.74) is 7.63. The van der Waals surface area contributed by atoms with E-state index in [-0.39, 0.29) is 17.3 Å². The zero-order valence-corrected chi connectivity index (χ0v) is 21.4. The molecule has 192 valence electrons. The molecule has 2 aromatic carbocycles. The minimum atomic E-state index is -0.936. The van der Waals surface area contributed by atoms with Gasteiger partial charge in [0.05, 0.1) is 23.2 Å². The maximum absolute atomic E-state index is 14.0. The average molecular weight is 507 g/mol. The Morgan fingerprint density at radius 3 is 2.61 bits per heavy atom. The molecule has 1 fully saturated rings. The summed E-state index contributed by atoms with van der Waals surface area (Å²) in [6, 6.07) is 18.0. The van der Waals surface area contributed by atoms with Crippen molar-refractivity contribution < 1.29 is 4.79 Å². The second kappa shape index (κ2) is 12.0. The molecule has 0 bridgehead atoms. The molecule has 8 heteroatoms. The van der Waals surface area contributed by atoms with Crippen LogP contribution in [0.25, 0.3) is 16.5 Å². The van der Waals surface area contributed by atoms with Crippen LogP contribution in [-0.2, 0) is 4.79 Å². The molecule has 8 nitrogen and oxygen atoms in total. The van der Waals surface area contributed by atoms with Crippen molar-refractivity contribution in [3.63, 3.8) is 0 Å². The quantitative estimate of drug-likeness (QED) is 0.286. The zero-order chi connectivity index (χ0) is 27.1. The predicted molar refractivity (Wildman–Crippen MR) is 149 cm³/mol.